The Morgan fingerprint density at radius 1 is 1.36 bits per heavy atom. The van der Waals surface area contributed by atoms with E-state index < -0.39 is 11.4 Å². The number of rotatable bonds is 3. The zero-order chi connectivity index (χ0) is 10.8. The molecule has 1 nitrogen and oxygen atoms in total. The fourth-order valence-corrected chi connectivity index (χ4v) is 1.56. The van der Waals surface area contributed by atoms with Gasteiger partial charge in [0.15, 0.2) is 0 Å². The van der Waals surface area contributed by atoms with Crippen LogP contribution in [-0.2, 0) is 5.60 Å². The van der Waals surface area contributed by atoms with Crippen LogP contribution in [-0.4, -0.2) is 5.11 Å². The number of benzene rings is 1. The highest BCUT2D eigenvalue weighted by molar-refractivity contribution is 6.30. The topological polar surface area (TPSA) is 20.2 Å². The molecule has 1 aromatic rings. The van der Waals surface area contributed by atoms with Gasteiger partial charge in [-0.15, -0.1) is 0 Å². The van der Waals surface area contributed by atoms with Crippen molar-refractivity contribution in [3.05, 3.63) is 34.6 Å². The minimum absolute atomic E-state index is 0.0864. The zero-order valence-electron chi connectivity index (χ0n) is 8.35. The molecule has 0 aromatic heterocycles. The molecule has 0 unspecified atom stereocenters. The van der Waals surface area contributed by atoms with Gasteiger partial charge in [0.25, 0.3) is 0 Å². The van der Waals surface area contributed by atoms with E-state index in [1.807, 2.05) is 13.8 Å². The van der Waals surface area contributed by atoms with Gasteiger partial charge in [-0.05, 0) is 30.5 Å². The van der Waals surface area contributed by atoms with Gasteiger partial charge < -0.3 is 5.11 Å². The SMILES string of the molecule is CCC(O)(CC)c1ccc(Cl)c(F)c1. The molecule has 0 atom stereocenters. The Balaban J connectivity index is 3.12. The first kappa shape index (κ1) is 11.5. The van der Waals surface area contributed by atoms with Gasteiger partial charge in [0.05, 0.1) is 10.6 Å². The van der Waals surface area contributed by atoms with Crippen molar-refractivity contribution in [1.29, 1.82) is 0 Å². The van der Waals surface area contributed by atoms with Gasteiger partial charge in [-0.2, -0.15) is 0 Å². The van der Waals surface area contributed by atoms with E-state index in [-0.39, 0.29) is 5.02 Å². The van der Waals surface area contributed by atoms with Crippen molar-refractivity contribution in [3.8, 4) is 0 Å². The molecule has 0 aliphatic heterocycles. The highest BCUT2D eigenvalue weighted by atomic mass is 35.5. The lowest BCUT2D eigenvalue weighted by molar-refractivity contribution is 0.0281. The second-order valence-electron chi connectivity index (χ2n) is 3.37. The quantitative estimate of drug-likeness (QED) is 0.820. The minimum Gasteiger partial charge on any atom is -0.385 e. The van der Waals surface area contributed by atoms with Crippen LogP contribution < -0.4 is 0 Å². The van der Waals surface area contributed by atoms with E-state index >= 15 is 0 Å². The van der Waals surface area contributed by atoms with Crippen LogP contribution in [0.1, 0.15) is 32.3 Å². The highest BCUT2D eigenvalue weighted by Crippen LogP contribution is 2.30. The summed E-state index contributed by atoms with van der Waals surface area (Å²) in [7, 11) is 0. The van der Waals surface area contributed by atoms with E-state index in [1.165, 1.54) is 12.1 Å². The maximum absolute atomic E-state index is 13.1. The van der Waals surface area contributed by atoms with Crippen LogP contribution in [0.3, 0.4) is 0 Å². The molecule has 14 heavy (non-hydrogen) atoms. The largest absolute Gasteiger partial charge is 0.385 e. The van der Waals surface area contributed by atoms with E-state index in [9.17, 15) is 9.50 Å². The number of hydrogen-bond acceptors (Lipinski definition) is 1. The van der Waals surface area contributed by atoms with Crippen LogP contribution in [0.2, 0.25) is 5.02 Å². The molecule has 1 rings (SSSR count). The number of hydrogen-bond donors (Lipinski definition) is 1. The average Bonchev–Trinajstić information content (AvgIpc) is 2.21. The van der Waals surface area contributed by atoms with Gasteiger partial charge in [-0.1, -0.05) is 31.5 Å². The minimum atomic E-state index is -0.939. The van der Waals surface area contributed by atoms with Crippen LogP contribution in [0.4, 0.5) is 4.39 Å². The number of halogens is 2. The van der Waals surface area contributed by atoms with Crippen molar-refractivity contribution in [2.75, 3.05) is 0 Å². The van der Waals surface area contributed by atoms with Crippen molar-refractivity contribution in [3.63, 3.8) is 0 Å². The van der Waals surface area contributed by atoms with Crippen LogP contribution >= 0.6 is 11.6 Å². The highest BCUT2D eigenvalue weighted by Gasteiger charge is 2.25. The molecular weight excluding hydrogens is 203 g/mol. The molecule has 78 valence electrons. The zero-order valence-corrected chi connectivity index (χ0v) is 9.11. The third-order valence-corrected chi connectivity index (χ3v) is 2.93. The molecule has 0 saturated heterocycles. The molecule has 0 heterocycles. The van der Waals surface area contributed by atoms with Crippen molar-refractivity contribution in [2.45, 2.75) is 32.3 Å². The van der Waals surface area contributed by atoms with E-state index in [2.05, 4.69) is 0 Å². The fraction of sp³-hybridized carbons (Fsp3) is 0.455. The molecule has 0 aliphatic rings. The third-order valence-electron chi connectivity index (χ3n) is 2.63. The van der Waals surface area contributed by atoms with Gasteiger partial charge >= 0.3 is 0 Å². The summed E-state index contributed by atoms with van der Waals surface area (Å²) in [6.45, 7) is 3.74. The van der Waals surface area contributed by atoms with Gasteiger partial charge in [0.2, 0.25) is 0 Å². The number of aliphatic hydroxyl groups is 1. The molecule has 0 radical (unpaired) electrons. The lowest BCUT2D eigenvalue weighted by Crippen LogP contribution is -2.23. The summed E-state index contributed by atoms with van der Waals surface area (Å²) in [4.78, 5) is 0. The summed E-state index contributed by atoms with van der Waals surface area (Å²) in [6.07, 6.45) is 1.12. The first-order valence-electron chi connectivity index (χ1n) is 4.71. The van der Waals surface area contributed by atoms with Crippen molar-refractivity contribution >= 4 is 11.6 Å². The van der Waals surface area contributed by atoms with Gasteiger partial charge in [0.1, 0.15) is 5.82 Å². The summed E-state index contributed by atoms with van der Waals surface area (Å²) in [5.41, 5.74) is -0.352. The standard InChI is InChI=1S/C11H14ClFO/c1-3-11(14,4-2)8-5-6-9(12)10(13)7-8/h5-7,14H,3-4H2,1-2H3. The van der Waals surface area contributed by atoms with Crippen LogP contribution in [0.25, 0.3) is 0 Å². The van der Waals surface area contributed by atoms with Gasteiger partial charge in [-0.3, -0.25) is 0 Å². The molecule has 0 saturated carbocycles. The second-order valence-corrected chi connectivity index (χ2v) is 3.77. The van der Waals surface area contributed by atoms with E-state index in [0.29, 0.717) is 18.4 Å². The molecule has 1 N–H and O–H groups in total. The average molecular weight is 217 g/mol. The molecule has 3 heteroatoms. The van der Waals surface area contributed by atoms with E-state index in [4.69, 9.17) is 11.6 Å². The van der Waals surface area contributed by atoms with Crippen molar-refractivity contribution in [1.82, 2.24) is 0 Å². The maximum Gasteiger partial charge on any atom is 0.142 e. The summed E-state index contributed by atoms with van der Waals surface area (Å²) in [5, 5.41) is 10.2. The molecule has 0 fully saturated rings. The van der Waals surface area contributed by atoms with Crippen LogP contribution in [0.5, 0.6) is 0 Å². The lowest BCUT2D eigenvalue weighted by Gasteiger charge is -2.25. The second kappa shape index (κ2) is 4.28. The van der Waals surface area contributed by atoms with Crippen LogP contribution in [0, 0.1) is 5.82 Å². The summed E-state index contributed by atoms with van der Waals surface area (Å²) in [6, 6.07) is 4.44. The Hall–Kier alpha value is -0.600. The van der Waals surface area contributed by atoms with Crippen molar-refractivity contribution in [2.24, 2.45) is 0 Å². The normalized spacial score (nSPS) is 11.8. The summed E-state index contributed by atoms with van der Waals surface area (Å²) >= 11 is 5.56. The first-order valence-corrected chi connectivity index (χ1v) is 5.09. The summed E-state index contributed by atoms with van der Waals surface area (Å²) in [5.74, 6) is -0.482. The molecule has 1 aromatic carbocycles. The Morgan fingerprint density at radius 3 is 2.36 bits per heavy atom. The lowest BCUT2D eigenvalue weighted by atomic mass is 9.89. The van der Waals surface area contributed by atoms with E-state index in [0.717, 1.165) is 0 Å². The summed E-state index contributed by atoms with van der Waals surface area (Å²) < 4.78 is 13.1. The van der Waals surface area contributed by atoms with E-state index in [1.54, 1.807) is 6.07 Å². The smallest absolute Gasteiger partial charge is 0.142 e. The molecule has 0 amide bonds. The predicted octanol–water partition coefficient (Wildman–Crippen LogP) is 3.49. The Bertz CT molecular complexity index is 321. The van der Waals surface area contributed by atoms with Crippen LogP contribution in [0.15, 0.2) is 18.2 Å². The molecule has 0 spiro atoms. The molecule has 0 bridgehead atoms. The third kappa shape index (κ3) is 2.07. The monoisotopic (exact) mass is 216 g/mol. The maximum atomic E-state index is 13.1. The van der Waals surface area contributed by atoms with Gasteiger partial charge in [-0.25, -0.2) is 4.39 Å². The fourth-order valence-electron chi connectivity index (χ4n) is 1.44. The Kier molecular flexibility index (Phi) is 3.51. The first-order chi connectivity index (χ1) is 6.53. The molecule has 0 aliphatic carbocycles. The van der Waals surface area contributed by atoms with Crippen molar-refractivity contribution < 1.29 is 9.50 Å². The van der Waals surface area contributed by atoms with Gasteiger partial charge in [0, 0.05) is 0 Å². The Labute approximate surface area is 88.5 Å². The molecular formula is C11H14ClFO. The predicted molar refractivity (Wildman–Crippen MR) is 55.9 cm³/mol. The Morgan fingerprint density at radius 2 is 1.93 bits per heavy atom.